The molecule has 1 aliphatic rings. The van der Waals surface area contributed by atoms with Crippen molar-refractivity contribution in [3.8, 4) is 0 Å². The van der Waals surface area contributed by atoms with Crippen LogP contribution in [0.1, 0.15) is 46.5 Å². The number of rotatable bonds is 4. The standard InChI is InChI=1S/C13H27NO/c1-5-13(14,9-15-4)12-7-6-10(2)11(3)8-12/h10-12H,5-9,14H2,1-4H3. The number of hydrogen-bond donors (Lipinski definition) is 1. The van der Waals surface area contributed by atoms with E-state index in [1.807, 2.05) is 0 Å². The Bertz CT molecular complexity index is 195. The van der Waals surface area contributed by atoms with E-state index in [9.17, 15) is 0 Å². The molecule has 0 spiro atoms. The first kappa shape index (κ1) is 13.0. The lowest BCUT2D eigenvalue weighted by atomic mass is 9.68. The van der Waals surface area contributed by atoms with Gasteiger partial charge in [0.25, 0.3) is 0 Å². The highest BCUT2D eigenvalue weighted by molar-refractivity contribution is 4.93. The van der Waals surface area contributed by atoms with Gasteiger partial charge in [0.05, 0.1) is 6.61 Å². The monoisotopic (exact) mass is 213 g/mol. The zero-order chi connectivity index (χ0) is 11.5. The maximum Gasteiger partial charge on any atom is 0.0645 e. The molecule has 0 aromatic carbocycles. The van der Waals surface area contributed by atoms with Crippen molar-refractivity contribution in [3.05, 3.63) is 0 Å². The third-order valence-electron chi connectivity index (χ3n) is 4.48. The van der Waals surface area contributed by atoms with Crippen LogP contribution in [0.4, 0.5) is 0 Å². The van der Waals surface area contributed by atoms with E-state index in [0.717, 1.165) is 18.3 Å². The van der Waals surface area contributed by atoms with Crippen molar-refractivity contribution in [2.75, 3.05) is 13.7 Å². The molecule has 0 radical (unpaired) electrons. The number of nitrogens with two attached hydrogens (primary N) is 1. The zero-order valence-corrected chi connectivity index (χ0v) is 10.8. The van der Waals surface area contributed by atoms with Crippen molar-refractivity contribution in [1.29, 1.82) is 0 Å². The molecule has 0 heterocycles. The molecule has 0 aromatic heterocycles. The Morgan fingerprint density at radius 1 is 1.27 bits per heavy atom. The van der Waals surface area contributed by atoms with Crippen LogP contribution in [-0.2, 0) is 4.74 Å². The highest BCUT2D eigenvalue weighted by atomic mass is 16.5. The van der Waals surface area contributed by atoms with Crippen LogP contribution < -0.4 is 5.73 Å². The third kappa shape index (κ3) is 2.94. The van der Waals surface area contributed by atoms with Crippen LogP contribution in [0.5, 0.6) is 0 Å². The van der Waals surface area contributed by atoms with E-state index in [1.165, 1.54) is 19.3 Å². The van der Waals surface area contributed by atoms with Crippen molar-refractivity contribution >= 4 is 0 Å². The Balaban J connectivity index is 2.61. The summed E-state index contributed by atoms with van der Waals surface area (Å²) in [5.41, 5.74) is 6.37. The molecular formula is C13H27NO. The van der Waals surface area contributed by atoms with Crippen molar-refractivity contribution in [2.24, 2.45) is 23.5 Å². The summed E-state index contributed by atoms with van der Waals surface area (Å²) in [5.74, 6) is 2.33. The van der Waals surface area contributed by atoms with Crippen molar-refractivity contribution < 1.29 is 4.74 Å². The Morgan fingerprint density at radius 2 is 1.93 bits per heavy atom. The lowest BCUT2D eigenvalue weighted by Gasteiger charge is -2.42. The van der Waals surface area contributed by atoms with Gasteiger partial charge in [0.15, 0.2) is 0 Å². The molecule has 90 valence electrons. The molecule has 0 aliphatic heterocycles. The highest BCUT2D eigenvalue weighted by Crippen LogP contribution is 2.39. The van der Waals surface area contributed by atoms with Crippen LogP contribution in [0.3, 0.4) is 0 Å². The van der Waals surface area contributed by atoms with Gasteiger partial charge in [-0.1, -0.05) is 27.2 Å². The average molecular weight is 213 g/mol. The quantitative estimate of drug-likeness (QED) is 0.779. The summed E-state index contributed by atoms with van der Waals surface area (Å²) in [4.78, 5) is 0. The molecule has 0 aromatic rings. The molecule has 1 rings (SSSR count). The minimum Gasteiger partial charge on any atom is -0.383 e. The summed E-state index contributed by atoms with van der Waals surface area (Å²) >= 11 is 0. The molecule has 4 atom stereocenters. The van der Waals surface area contributed by atoms with Gasteiger partial charge in [-0.05, 0) is 37.0 Å². The molecule has 4 unspecified atom stereocenters. The van der Waals surface area contributed by atoms with Crippen molar-refractivity contribution in [2.45, 2.75) is 52.0 Å². The van der Waals surface area contributed by atoms with E-state index >= 15 is 0 Å². The van der Waals surface area contributed by atoms with Crippen LogP contribution in [0.2, 0.25) is 0 Å². The van der Waals surface area contributed by atoms with Crippen LogP contribution in [-0.4, -0.2) is 19.3 Å². The van der Waals surface area contributed by atoms with Gasteiger partial charge in [-0.25, -0.2) is 0 Å². The smallest absolute Gasteiger partial charge is 0.0645 e. The molecule has 0 amide bonds. The predicted octanol–water partition coefficient (Wildman–Crippen LogP) is 2.81. The largest absolute Gasteiger partial charge is 0.383 e. The summed E-state index contributed by atoms with van der Waals surface area (Å²) in [6.45, 7) is 7.61. The summed E-state index contributed by atoms with van der Waals surface area (Å²) < 4.78 is 5.29. The second kappa shape index (κ2) is 5.31. The minimum atomic E-state index is -0.0941. The fourth-order valence-electron chi connectivity index (χ4n) is 2.85. The topological polar surface area (TPSA) is 35.2 Å². The first-order valence-electron chi connectivity index (χ1n) is 6.31. The summed E-state index contributed by atoms with van der Waals surface area (Å²) in [6.07, 6.45) is 4.90. The first-order valence-corrected chi connectivity index (χ1v) is 6.31. The Kier molecular flexibility index (Phi) is 4.60. The second-order valence-corrected chi connectivity index (χ2v) is 5.48. The molecule has 2 N–H and O–H groups in total. The Morgan fingerprint density at radius 3 is 2.40 bits per heavy atom. The Hall–Kier alpha value is -0.0800. The van der Waals surface area contributed by atoms with Gasteiger partial charge in [-0.15, -0.1) is 0 Å². The molecule has 0 saturated heterocycles. The van der Waals surface area contributed by atoms with Crippen molar-refractivity contribution in [1.82, 2.24) is 0 Å². The summed E-state index contributed by atoms with van der Waals surface area (Å²) in [6, 6.07) is 0. The molecule has 2 nitrogen and oxygen atoms in total. The van der Waals surface area contributed by atoms with E-state index in [1.54, 1.807) is 7.11 Å². The van der Waals surface area contributed by atoms with E-state index < -0.39 is 0 Å². The van der Waals surface area contributed by atoms with E-state index in [2.05, 4.69) is 20.8 Å². The normalized spacial score (nSPS) is 36.2. The van der Waals surface area contributed by atoms with Crippen LogP contribution in [0.15, 0.2) is 0 Å². The predicted molar refractivity (Wildman–Crippen MR) is 64.8 cm³/mol. The van der Waals surface area contributed by atoms with Gasteiger partial charge in [0.1, 0.15) is 0 Å². The molecule has 1 fully saturated rings. The SMILES string of the molecule is CCC(N)(COC)C1CCC(C)C(C)C1. The third-order valence-corrected chi connectivity index (χ3v) is 4.48. The van der Waals surface area contributed by atoms with E-state index in [0.29, 0.717) is 12.5 Å². The maximum absolute atomic E-state index is 6.47. The zero-order valence-electron chi connectivity index (χ0n) is 10.8. The molecule has 2 heteroatoms. The van der Waals surface area contributed by atoms with Crippen molar-refractivity contribution in [3.63, 3.8) is 0 Å². The molecule has 1 saturated carbocycles. The lowest BCUT2D eigenvalue weighted by molar-refractivity contribution is 0.0548. The van der Waals surface area contributed by atoms with Gasteiger partial charge in [0, 0.05) is 12.6 Å². The summed E-state index contributed by atoms with van der Waals surface area (Å²) in [7, 11) is 1.76. The van der Waals surface area contributed by atoms with Gasteiger partial charge in [-0.2, -0.15) is 0 Å². The summed E-state index contributed by atoms with van der Waals surface area (Å²) in [5, 5.41) is 0. The first-order chi connectivity index (χ1) is 7.03. The number of hydrogen-bond acceptors (Lipinski definition) is 2. The molecule has 1 aliphatic carbocycles. The minimum absolute atomic E-state index is 0.0941. The number of methoxy groups -OCH3 is 1. The average Bonchev–Trinajstić information content (AvgIpc) is 2.22. The molecular weight excluding hydrogens is 186 g/mol. The van der Waals surface area contributed by atoms with Crippen LogP contribution >= 0.6 is 0 Å². The van der Waals surface area contributed by atoms with Crippen LogP contribution in [0, 0.1) is 17.8 Å². The van der Waals surface area contributed by atoms with E-state index in [-0.39, 0.29) is 5.54 Å². The fourth-order valence-corrected chi connectivity index (χ4v) is 2.85. The number of ether oxygens (including phenoxy) is 1. The highest BCUT2D eigenvalue weighted by Gasteiger charge is 2.37. The van der Waals surface area contributed by atoms with Crippen LogP contribution in [0.25, 0.3) is 0 Å². The lowest BCUT2D eigenvalue weighted by Crippen LogP contribution is -2.52. The maximum atomic E-state index is 6.47. The van der Waals surface area contributed by atoms with E-state index in [4.69, 9.17) is 10.5 Å². The molecule has 0 bridgehead atoms. The van der Waals surface area contributed by atoms with Gasteiger partial charge < -0.3 is 10.5 Å². The molecule has 15 heavy (non-hydrogen) atoms. The second-order valence-electron chi connectivity index (χ2n) is 5.48. The van der Waals surface area contributed by atoms with Gasteiger partial charge in [-0.3, -0.25) is 0 Å². The van der Waals surface area contributed by atoms with Gasteiger partial charge in [0.2, 0.25) is 0 Å². The Labute approximate surface area is 94.6 Å². The van der Waals surface area contributed by atoms with Gasteiger partial charge >= 0.3 is 0 Å². The fraction of sp³-hybridized carbons (Fsp3) is 1.00.